The van der Waals surface area contributed by atoms with E-state index in [1.807, 2.05) is 0 Å². The molecule has 0 atom stereocenters. The summed E-state index contributed by atoms with van der Waals surface area (Å²) >= 11 is 0. The standard InChI is InChI=1S/C7H12F3N3/c8-7(9,10)2-1-3-11-6-12-4-5-13-6/h1-5H2,(H2,11,12,13). The predicted octanol–water partition coefficient (Wildman–Crippen LogP) is 0.878. The van der Waals surface area contributed by atoms with Crippen LogP contribution in [0.25, 0.3) is 0 Å². The molecule has 1 rings (SSSR count). The van der Waals surface area contributed by atoms with E-state index in [1.165, 1.54) is 0 Å². The average Bonchev–Trinajstić information content (AvgIpc) is 2.48. The van der Waals surface area contributed by atoms with Gasteiger partial charge in [-0.2, -0.15) is 13.2 Å². The molecule has 0 radical (unpaired) electrons. The smallest absolute Gasteiger partial charge is 0.356 e. The van der Waals surface area contributed by atoms with Crippen LogP contribution < -0.4 is 10.6 Å². The monoisotopic (exact) mass is 195 g/mol. The van der Waals surface area contributed by atoms with Gasteiger partial charge in [-0.3, -0.25) is 4.99 Å². The van der Waals surface area contributed by atoms with Gasteiger partial charge in [-0.25, -0.2) is 0 Å². The molecule has 6 heteroatoms. The van der Waals surface area contributed by atoms with Gasteiger partial charge in [0.25, 0.3) is 0 Å². The van der Waals surface area contributed by atoms with E-state index < -0.39 is 12.6 Å². The number of halogens is 3. The summed E-state index contributed by atoms with van der Waals surface area (Å²) in [5, 5.41) is 5.70. The molecule has 0 aliphatic carbocycles. The Bertz CT molecular complexity index is 188. The molecule has 76 valence electrons. The van der Waals surface area contributed by atoms with Gasteiger partial charge < -0.3 is 10.6 Å². The summed E-state index contributed by atoms with van der Waals surface area (Å²) in [6, 6.07) is 0. The number of nitrogens with zero attached hydrogens (tertiary/aromatic N) is 1. The van der Waals surface area contributed by atoms with E-state index in [0.717, 1.165) is 6.54 Å². The normalized spacial score (nSPS) is 16.7. The lowest BCUT2D eigenvalue weighted by Gasteiger charge is -2.07. The van der Waals surface area contributed by atoms with Gasteiger partial charge in [-0.1, -0.05) is 0 Å². The van der Waals surface area contributed by atoms with E-state index in [2.05, 4.69) is 15.6 Å². The Kier molecular flexibility index (Phi) is 3.39. The number of alkyl halides is 3. The molecule has 0 saturated carbocycles. The number of hydrogen-bond acceptors (Lipinski definition) is 3. The van der Waals surface area contributed by atoms with Crippen molar-refractivity contribution in [1.29, 1.82) is 0 Å². The number of rotatable bonds is 3. The molecular weight excluding hydrogens is 183 g/mol. The minimum Gasteiger partial charge on any atom is -0.356 e. The molecule has 0 amide bonds. The number of hydrogen-bond donors (Lipinski definition) is 2. The average molecular weight is 195 g/mol. The van der Waals surface area contributed by atoms with Crippen LogP contribution in [0.2, 0.25) is 0 Å². The van der Waals surface area contributed by atoms with Gasteiger partial charge in [0.2, 0.25) is 0 Å². The summed E-state index contributed by atoms with van der Waals surface area (Å²) in [6.07, 6.45) is -4.70. The van der Waals surface area contributed by atoms with Crippen molar-refractivity contribution in [3.05, 3.63) is 0 Å². The second-order valence-corrected chi connectivity index (χ2v) is 2.80. The van der Waals surface area contributed by atoms with E-state index >= 15 is 0 Å². The van der Waals surface area contributed by atoms with Crippen LogP contribution in [-0.2, 0) is 0 Å². The minimum absolute atomic E-state index is 0.0875. The molecule has 0 aromatic heterocycles. The van der Waals surface area contributed by atoms with Crippen molar-refractivity contribution < 1.29 is 13.2 Å². The van der Waals surface area contributed by atoms with Crippen LogP contribution in [0.3, 0.4) is 0 Å². The van der Waals surface area contributed by atoms with Crippen molar-refractivity contribution in [1.82, 2.24) is 10.6 Å². The molecule has 1 aliphatic heterocycles. The molecule has 0 bridgehead atoms. The lowest BCUT2D eigenvalue weighted by Crippen LogP contribution is -2.34. The second kappa shape index (κ2) is 4.34. The lowest BCUT2D eigenvalue weighted by atomic mass is 10.3. The van der Waals surface area contributed by atoms with E-state index in [-0.39, 0.29) is 6.42 Å². The van der Waals surface area contributed by atoms with Gasteiger partial charge in [-0.15, -0.1) is 0 Å². The maximum atomic E-state index is 11.7. The highest BCUT2D eigenvalue weighted by molar-refractivity contribution is 5.81. The quantitative estimate of drug-likeness (QED) is 0.656. The number of guanidine groups is 1. The van der Waals surface area contributed by atoms with Crippen LogP contribution in [0, 0.1) is 0 Å². The molecule has 0 aromatic rings. The van der Waals surface area contributed by atoms with Crippen molar-refractivity contribution in [2.24, 2.45) is 4.99 Å². The Morgan fingerprint density at radius 3 is 2.77 bits per heavy atom. The van der Waals surface area contributed by atoms with Crippen LogP contribution >= 0.6 is 0 Å². The van der Waals surface area contributed by atoms with Crippen LogP contribution in [0.5, 0.6) is 0 Å². The maximum Gasteiger partial charge on any atom is 0.389 e. The Balaban J connectivity index is 2.01. The van der Waals surface area contributed by atoms with Gasteiger partial charge in [0.15, 0.2) is 5.96 Å². The SMILES string of the molecule is FC(F)(F)CCCNC1=NCCN1. The summed E-state index contributed by atoms with van der Waals surface area (Å²) < 4.78 is 35.0. The molecule has 1 heterocycles. The minimum atomic E-state index is -4.05. The van der Waals surface area contributed by atoms with E-state index in [9.17, 15) is 13.2 Å². The maximum absolute atomic E-state index is 11.7. The molecule has 0 spiro atoms. The predicted molar refractivity (Wildman–Crippen MR) is 43.6 cm³/mol. The first-order valence-electron chi connectivity index (χ1n) is 4.17. The molecule has 0 aromatic carbocycles. The van der Waals surface area contributed by atoms with Crippen LogP contribution in [-0.4, -0.2) is 31.8 Å². The second-order valence-electron chi connectivity index (χ2n) is 2.80. The third kappa shape index (κ3) is 4.59. The number of nitrogens with one attached hydrogen (secondary N) is 2. The van der Waals surface area contributed by atoms with Crippen molar-refractivity contribution in [3.63, 3.8) is 0 Å². The Morgan fingerprint density at radius 1 is 1.46 bits per heavy atom. The van der Waals surface area contributed by atoms with Gasteiger partial charge in [0.05, 0.1) is 6.54 Å². The molecule has 0 fully saturated rings. The van der Waals surface area contributed by atoms with Crippen LogP contribution in [0.15, 0.2) is 4.99 Å². The summed E-state index contributed by atoms with van der Waals surface area (Å²) in [7, 11) is 0. The summed E-state index contributed by atoms with van der Waals surface area (Å²) in [5.41, 5.74) is 0. The lowest BCUT2D eigenvalue weighted by molar-refractivity contribution is -0.135. The van der Waals surface area contributed by atoms with Crippen molar-refractivity contribution in [2.45, 2.75) is 19.0 Å². The van der Waals surface area contributed by atoms with Gasteiger partial charge >= 0.3 is 6.18 Å². The Hall–Kier alpha value is -0.940. The van der Waals surface area contributed by atoms with Crippen LogP contribution in [0.4, 0.5) is 13.2 Å². The summed E-state index contributed by atoms with van der Waals surface area (Å²) in [6.45, 7) is 1.77. The highest BCUT2D eigenvalue weighted by atomic mass is 19.4. The van der Waals surface area contributed by atoms with Gasteiger partial charge in [0, 0.05) is 19.5 Å². The fraction of sp³-hybridized carbons (Fsp3) is 0.857. The molecule has 2 N–H and O–H groups in total. The topological polar surface area (TPSA) is 36.4 Å². The molecule has 0 saturated heterocycles. The van der Waals surface area contributed by atoms with Gasteiger partial charge in [-0.05, 0) is 6.42 Å². The van der Waals surface area contributed by atoms with E-state index in [1.54, 1.807) is 0 Å². The Labute approximate surface area is 74.4 Å². The van der Waals surface area contributed by atoms with Crippen molar-refractivity contribution in [3.8, 4) is 0 Å². The third-order valence-corrected chi connectivity index (χ3v) is 1.60. The van der Waals surface area contributed by atoms with E-state index in [4.69, 9.17) is 0 Å². The summed E-state index contributed by atoms with van der Waals surface area (Å²) in [4.78, 5) is 3.98. The third-order valence-electron chi connectivity index (χ3n) is 1.60. The molecular formula is C7H12F3N3. The zero-order valence-corrected chi connectivity index (χ0v) is 7.12. The summed E-state index contributed by atoms with van der Waals surface area (Å²) in [5.74, 6) is 0.613. The fourth-order valence-electron chi connectivity index (χ4n) is 1.01. The molecule has 13 heavy (non-hydrogen) atoms. The first kappa shape index (κ1) is 10.1. The largest absolute Gasteiger partial charge is 0.389 e. The zero-order valence-electron chi connectivity index (χ0n) is 7.12. The fourth-order valence-corrected chi connectivity index (χ4v) is 1.01. The van der Waals surface area contributed by atoms with Crippen molar-refractivity contribution >= 4 is 5.96 Å². The van der Waals surface area contributed by atoms with Gasteiger partial charge in [0.1, 0.15) is 0 Å². The zero-order chi connectivity index (χ0) is 9.73. The molecule has 3 nitrogen and oxygen atoms in total. The highest BCUT2D eigenvalue weighted by Crippen LogP contribution is 2.20. The first-order chi connectivity index (χ1) is 6.08. The van der Waals surface area contributed by atoms with Crippen LogP contribution in [0.1, 0.15) is 12.8 Å². The highest BCUT2D eigenvalue weighted by Gasteiger charge is 2.25. The first-order valence-corrected chi connectivity index (χ1v) is 4.17. The molecule has 0 unspecified atom stereocenters. The molecule has 1 aliphatic rings. The number of aliphatic imine (C=N–C) groups is 1. The van der Waals surface area contributed by atoms with E-state index in [0.29, 0.717) is 19.0 Å². The Morgan fingerprint density at radius 2 is 2.23 bits per heavy atom. The van der Waals surface area contributed by atoms with Crippen molar-refractivity contribution in [2.75, 3.05) is 19.6 Å².